The van der Waals surface area contributed by atoms with Crippen LogP contribution in [-0.4, -0.2) is 85.0 Å². The molecule has 1 aromatic carbocycles. The summed E-state index contributed by atoms with van der Waals surface area (Å²) in [5.41, 5.74) is -0.0334. The molecule has 3 unspecified atom stereocenters. The summed E-state index contributed by atoms with van der Waals surface area (Å²) in [4.78, 5) is 41.8. The average molecular weight is 491 g/mol. The Labute approximate surface area is 211 Å². The molecule has 198 valence electrons. The van der Waals surface area contributed by atoms with Gasteiger partial charge in [-0.05, 0) is 31.0 Å². The van der Waals surface area contributed by atoms with Gasteiger partial charge in [0.15, 0.2) is 0 Å². The van der Waals surface area contributed by atoms with E-state index < -0.39 is 28.9 Å². The summed E-state index contributed by atoms with van der Waals surface area (Å²) in [6, 6.07) is 8.31. The Hall–Kier alpha value is -2.45. The Balaban J connectivity index is 3.19. The molecule has 0 bridgehead atoms. The van der Waals surface area contributed by atoms with E-state index in [2.05, 4.69) is 10.6 Å². The van der Waals surface area contributed by atoms with Crippen LogP contribution in [0.2, 0.25) is 0 Å². The quantitative estimate of drug-likeness (QED) is 0.416. The van der Waals surface area contributed by atoms with E-state index in [0.717, 1.165) is 5.56 Å². The monoisotopic (exact) mass is 490 g/mol. The van der Waals surface area contributed by atoms with Crippen LogP contribution in [0.15, 0.2) is 30.3 Å². The van der Waals surface area contributed by atoms with Crippen molar-refractivity contribution in [3.05, 3.63) is 35.9 Å². The van der Waals surface area contributed by atoms with Gasteiger partial charge in [0, 0.05) is 25.0 Å². The highest BCUT2D eigenvalue weighted by atomic mass is 16.4. The second kappa shape index (κ2) is 12.5. The lowest BCUT2D eigenvalue weighted by atomic mass is 9.76. The van der Waals surface area contributed by atoms with Crippen LogP contribution in [0.25, 0.3) is 0 Å². The lowest BCUT2D eigenvalue weighted by Crippen LogP contribution is -2.62. The zero-order chi connectivity index (χ0) is 27.1. The van der Waals surface area contributed by atoms with Gasteiger partial charge in [-0.15, -0.1) is 0 Å². The third-order valence-electron chi connectivity index (χ3n) is 6.71. The van der Waals surface area contributed by atoms with E-state index in [9.17, 15) is 14.4 Å². The molecule has 3 N–H and O–H groups in total. The smallest absolute Gasteiger partial charge is 0.317 e. The number of hydrogen-bond donors (Lipinski definition) is 3. The number of nitrogens with one attached hydrogen (secondary N) is 2. The van der Waals surface area contributed by atoms with Gasteiger partial charge in [-0.2, -0.15) is 0 Å². The normalized spacial score (nSPS) is 15.0. The van der Waals surface area contributed by atoms with Gasteiger partial charge in [0.1, 0.15) is 6.04 Å². The first kappa shape index (κ1) is 30.6. The predicted octanol–water partition coefficient (Wildman–Crippen LogP) is 2.58. The molecule has 8 nitrogen and oxygen atoms in total. The average Bonchev–Trinajstić information content (AvgIpc) is 2.74. The van der Waals surface area contributed by atoms with Crippen molar-refractivity contribution in [3.63, 3.8) is 0 Å². The fourth-order valence-electron chi connectivity index (χ4n) is 4.49. The molecule has 2 amide bonds. The Morgan fingerprint density at radius 2 is 1.51 bits per heavy atom. The molecular formula is C27H46N4O4. The molecular weight excluding hydrogens is 444 g/mol. The number of amides is 2. The lowest BCUT2D eigenvalue weighted by Gasteiger charge is -2.41. The van der Waals surface area contributed by atoms with Gasteiger partial charge in [-0.3, -0.25) is 19.3 Å². The summed E-state index contributed by atoms with van der Waals surface area (Å²) >= 11 is 0. The number of aliphatic carboxylic acids is 1. The van der Waals surface area contributed by atoms with E-state index >= 15 is 0 Å². The van der Waals surface area contributed by atoms with E-state index in [-0.39, 0.29) is 30.3 Å². The Kier molecular flexibility index (Phi) is 10.9. The maximum absolute atomic E-state index is 13.8. The van der Waals surface area contributed by atoms with Crippen LogP contribution in [0.3, 0.4) is 0 Å². The van der Waals surface area contributed by atoms with Crippen LogP contribution in [0, 0.1) is 11.3 Å². The van der Waals surface area contributed by atoms with Crippen molar-refractivity contribution in [2.24, 2.45) is 11.3 Å². The van der Waals surface area contributed by atoms with Crippen molar-refractivity contribution >= 4 is 17.8 Å². The van der Waals surface area contributed by atoms with Gasteiger partial charge in [0.05, 0.1) is 12.6 Å². The summed E-state index contributed by atoms with van der Waals surface area (Å²) in [7, 11) is 5.21. The maximum atomic E-state index is 13.8. The molecule has 0 fully saturated rings. The largest absolute Gasteiger partial charge is 0.480 e. The van der Waals surface area contributed by atoms with Crippen molar-refractivity contribution < 1.29 is 19.5 Å². The molecule has 0 radical (unpaired) electrons. The maximum Gasteiger partial charge on any atom is 0.317 e. The van der Waals surface area contributed by atoms with Crippen molar-refractivity contribution in [1.82, 2.24) is 20.4 Å². The number of benzene rings is 1. The van der Waals surface area contributed by atoms with E-state index in [4.69, 9.17) is 5.11 Å². The Bertz CT molecular complexity index is 848. The van der Waals surface area contributed by atoms with Crippen LogP contribution < -0.4 is 10.6 Å². The van der Waals surface area contributed by atoms with Crippen LogP contribution >= 0.6 is 0 Å². The van der Waals surface area contributed by atoms with Crippen molar-refractivity contribution in [3.8, 4) is 0 Å². The van der Waals surface area contributed by atoms with Crippen LogP contribution in [0.5, 0.6) is 0 Å². The van der Waals surface area contributed by atoms with E-state index in [1.165, 1.54) is 0 Å². The topological polar surface area (TPSA) is 102 Å². The number of carbonyl (C=O) groups is 3. The van der Waals surface area contributed by atoms with Gasteiger partial charge >= 0.3 is 5.97 Å². The molecule has 0 aliphatic heterocycles. The predicted molar refractivity (Wildman–Crippen MR) is 140 cm³/mol. The summed E-state index contributed by atoms with van der Waals surface area (Å²) in [5.74, 6) is -1.26. The second-order valence-electron chi connectivity index (χ2n) is 11.5. The standard InChI is InChI=1S/C27H46N4O4/c1-18(2)20(16-30(9)17-21(32)33)31(10)25(35)23(26(3,4)5)29-24(34)22(28-8)27(6,7)19-14-12-11-13-15-19/h11-15,18,20,22-23,28H,16-17H2,1-10H3,(H,29,34)(H,32,33). The van der Waals surface area contributed by atoms with Crippen molar-refractivity contribution in [2.45, 2.75) is 72.0 Å². The summed E-state index contributed by atoms with van der Waals surface area (Å²) < 4.78 is 0. The van der Waals surface area contributed by atoms with Gasteiger partial charge in [0.2, 0.25) is 11.8 Å². The van der Waals surface area contributed by atoms with E-state index in [1.807, 2.05) is 78.8 Å². The summed E-state index contributed by atoms with van der Waals surface area (Å²) in [5, 5.41) is 15.3. The number of carboxylic acid groups (broad SMARTS) is 1. The zero-order valence-electron chi connectivity index (χ0n) is 23.2. The minimum atomic E-state index is -0.914. The highest BCUT2D eigenvalue weighted by Crippen LogP contribution is 2.29. The minimum Gasteiger partial charge on any atom is -0.480 e. The lowest BCUT2D eigenvalue weighted by molar-refractivity contribution is -0.142. The first-order valence-electron chi connectivity index (χ1n) is 12.2. The molecule has 0 aromatic heterocycles. The minimum absolute atomic E-state index is 0.0959. The number of hydrogen-bond acceptors (Lipinski definition) is 5. The van der Waals surface area contributed by atoms with E-state index in [1.54, 1.807) is 30.9 Å². The number of nitrogens with zero attached hydrogens (tertiary/aromatic N) is 2. The molecule has 1 rings (SSSR count). The fraction of sp³-hybridized carbons (Fsp3) is 0.667. The SMILES string of the molecule is CNC(C(=O)NC(C(=O)N(C)C(CN(C)CC(=O)O)C(C)C)C(C)(C)C)C(C)(C)c1ccccc1. The summed E-state index contributed by atoms with van der Waals surface area (Å²) in [6.07, 6.45) is 0. The highest BCUT2D eigenvalue weighted by Gasteiger charge is 2.41. The molecule has 1 aromatic rings. The number of likely N-dealkylation sites (N-methyl/N-ethyl adjacent to an activating group) is 3. The van der Waals surface area contributed by atoms with Gasteiger partial charge < -0.3 is 20.6 Å². The fourth-order valence-corrected chi connectivity index (χ4v) is 4.49. The Morgan fingerprint density at radius 3 is 1.94 bits per heavy atom. The first-order chi connectivity index (χ1) is 16.0. The molecule has 3 atom stereocenters. The molecule has 0 spiro atoms. The number of carbonyl (C=O) groups excluding carboxylic acids is 2. The van der Waals surface area contributed by atoms with Crippen molar-refractivity contribution in [1.29, 1.82) is 0 Å². The summed E-state index contributed by atoms with van der Waals surface area (Å²) in [6.45, 7) is 14.1. The van der Waals surface area contributed by atoms with Gasteiger partial charge in [-0.25, -0.2) is 0 Å². The molecule has 0 heterocycles. The number of carboxylic acids is 1. The first-order valence-corrected chi connectivity index (χ1v) is 12.2. The van der Waals surface area contributed by atoms with E-state index in [0.29, 0.717) is 6.54 Å². The van der Waals surface area contributed by atoms with Gasteiger partial charge in [-0.1, -0.05) is 78.8 Å². The zero-order valence-corrected chi connectivity index (χ0v) is 23.2. The van der Waals surface area contributed by atoms with Crippen LogP contribution in [0.1, 0.15) is 54.0 Å². The van der Waals surface area contributed by atoms with Crippen LogP contribution in [-0.2, 0) is 19.8 Å². The molecule has 35 heavy (non-hydrogen) atoms. The molecule has 0 aliphatic carbocycles. The third kappa shape index (κ3) is 8.32. The van der Waals surface area contributed by atoms with Crippen molar-refractivity contribution in [2.75, 3.05) is 34.2 Å². The molecule has 0 saturated carbocycles. The third-order valence-corrected chi connectivity index (χ3v) is 6.71. The van der Waals surface area contributed by atoms with Crippen LogP contribution in [0.4, 0.5) is 0 Å². The number of rotatable bonds is 12. The Morgan fingerprint density at radius 1 is 0.971 bits per heavy atom. The van der Waals surface area contributed by atoms with Gasteiger partial charge in [0.25, 0.3) is 0 Å². The highest BCUT2D eigenvalue weighted by molar-refractivity contribution is 5.91. The molecule has 8 heteroatoms. The molecule has 0 aliphatic rings. The second-order valence-corrected chi connectivity index (χ2v) is 11.5. The molecule has 0 saturated heterocycles.